The van der Waals surface area contributed by atoms with Gasteiger partial charge in [0.2, 0.25) is 0 Å². The largest absolute Gasteiger partial charge is 0.316 e. The Hall–Kier alpha value is -3.35. The van der Waals surface area contributed by atoms with Crippen molar-refractivity contribution in [1.29, 1.82) is 5.26 Å². The fourth-order valence-electron chi connectivity index (χ4n) is 4.83. The quantitative estimate of drug-likeness (QED) is 0.552. The Kier molecular flexibility index (Phi) is 6.52. The highest BCUT2D eigenvalue weighted by Gasteiger charge is 2.26. The van der Waals surface area contributed by atoms with Crippen LogP contribution in [0, 0.1) is 18.3 Å². The highest BCUT2D eigenvalue weighted by molar-refractivity contribution is 7.14. The van der Waals surface area contributed by atoms with E-state index < -0.39 is 0 Å². The van der Waals surface area contributed by atoms with Crippen molar-refractivity contribution in [3.8, 4) is 6.07 Å². The van der Waals surface area contributed by atoms with E-state index in [2.05, 4.69) is 37.3 Å². The van der Waals surface area contributed by atoms with Crippen LogP contribution in [0.15, 0.2) is 35.7 Å². The first kappa shape index (κ1) is 22.4. The number of amides is 1. The van der Waals surface area contributed by atoms with Crippen molar-refractivity contribution in [3.63, 3.8) is 0 Å². The van der Waals surface area contributed by atoms with Gasteiger partial charge in [-0.15, -0.1) is 11.3 Å². The number of nitrogens with one attached hydrogen (secondary N) is 1. The van der Waals surface area contributed by atoms with Gasteiger partial charge in [0, 0.05) is 36.1 Å². The van der Waals surface area contributed by atoms with Crippen LogP contribution in [0.2, 0.25) is 0 Å². The first-order valence-electron chi connectivity index (χ1n) is 11.7. The van der Waals surface area contributed by atoms with Crippen LogP contribution in [0.1, 0.15) is 52.8 Å². The van der Waals surface area contributed by atoms with E-state index in [1.807, 2.05) is 36.1 Å². The summed E-state index contributed by atoms with van der Waals surface area (Å²) in [6.07, 6.45) is 4.04. The number of carbonyl (C=O) groups is 1. The molecule has 9 heteroatoms. The molecule has 0 spiro atoms. The van der Waals surface area contributed by atoms with Crippen LogP contribution < -0.4 is 10.2 Å². The number of anilines is 3. The summed E-state index contributed by atoms with van der Waals surface area (Å²) in [5.41, 5.74) is 3.61. The minimum Gasteiger partial charge on any atom is -0.316 e. The summed E-state index contributed by atoms with van der Waals surface area (Å²) in [7, 11) is 0. The van der Waals surface area contributed by atoms with Gasteiger partial charge >= 0.3 is 0 Å². The van der Waals surface area contributed by atoms with E-state index in [-0.39, 0.29) is 11.8 Å². The number of aryl methyl sites for hydroxylation is 2. The molecule has 3 aromatic rings. The molecule has 8 nitrogen and oxygen atoms in total. The molecule has 1 atom stereocenters. The Morgan fingerprint density at radius 3 is 3.00 bits per heavy atom. The third-order valence-corrected chi connectivity index (χ3v) is 7.15. The van der Waals surface area contributed by atoms with Crippen LogP contribution in [0.3, 0.4) is 0 Å². The maximum Gasteiger partial charge on any atom is 0.277 e. The van der Waals surface area contributed by atoms with E-state index in [0.717, 1.165) is 50.2 Å². The van der Waals surface area contributed by atoms with Gasteiger partial charge < -0.3 is 10.2 Å². The van der Waals surface area contributed by atoms with Crippen molar-refractivity contribution in [2.45, 2.75) is 38.5 Å². The summed E-state index contributed by atoms with van der Waals surface area (Å²) in [4.78, 5) is 31.0. The Labute approximate surface area is 203 Å². The Morgan fingerprint density at radius 2 is 2.12 bits per heavy atom. The first-order chi connectivity index (χ1) is 16.6. The van der Waals surface area contributed by atoms with Crippen molar-refractivity contribution in [2.24, 2.45) is 0 Å². The highest BCUT2D eigenvalue weighted by atomic mass is 32.1. The molecular weight excluding hydrogens is 446 g/mol. The summed E-state index contributed by atoms with van der Waals surface area (Å²) >= 11 is 1.40. The molecule has 1 amide bonds. The van der Waals surface area contributed by atoms with Crippen molar-refractivity contribution < 1.29 is 4.79 Å². The molecule has 2 aromatic heterocycles. The summed E-state index contributed by atoms with van der Waals surface area (Å²) in [5, 5.41) is 14.8. The number of aromatic nitrogens is 3. The molecule has 4 heterocycles. The maximum atomic E-state index is 13.2. The number of thiazole rings is 1. The number of likely N-dealkylation sites (tertiary alicyclic amines) is 1. The highest BCUT2D eigenvalue weighted by Crippen LogP contribution is 2.30. The molecule has 1 unspecified atom stereocenters. The van der Waals surface area contributed by atoms with Gasteiger partial charge in [-0.05, 0) is 50.8 Å². The van der Waals surface area contributed by atoms with E-state index >= 15 is 0 Å². The van der Waals surface area contributed by atoms with Gasteiger partial charge in [0.25, 0.3) is 5.91 Å². The molecule has 2 aliphatic rings. The van der Waals surface area contributed by atoms with E-state index in [0.29, 0.717) is 35.6 Å². The smallest absolute Gasteiger partial charge is 0.277 e. The monoisotopic (exact) mass is 473 g/mol. The molecule has 174 valence electrons. The second-order valence-electron chi connectivity index (χ2n) is 8.81. The van der Waals surface area contributed by atoms with Crippen LogP contribution in [-0.4, -0.2) is 51.9 Å². The minimum atomic E-state index is -0.0733. The lowest BCUT2D eigenvalue weighted by Crippen LogP contribution is -2.35. The van der Waals surface area contributed by atoms with Crippen LogP contribution in [0.4, 0.5) is 16.6 Å². The average Bonchev–Trinajstić information content (AvgIpc) is 3.32. The van der Waals surface area contributed by atoms with E-state index in [4.69, 9.17) is 5.26 Å². The molecule has 1 fully saturated rings. The molecule has 0 saturated carbocycles. The van der Waals surface area contributed by atoms with Crippen molar-refractivity contribution in [2.75, 3.05) is 36.4 Å². The fourth-order valence-corrected chi connectivity index (χ4v) is 5.52. The van der Waals surface area contributed by atoms with Crippen LogP contribution in [-0.2, 0) is 6.42 Å². The second kappa shape index (κ2) is 9.87. The average molecular weight is 474 g/mol. The number of hydrogen-bond donors (Lipinski definition) is 1. The normalized spacial score (nSPS) is 18.2. The summed E-state index contributed by atoms with van der Waals surface area (Å²) in [6.45, 7) is 4.82. The standard InChI is InChI=1S/C25H27N7OS/c1-17-27-20(19-8-4-11-31(15-19)13-10-26)14-23(28-17)30-25-29-21(16-34-25)24(33)32-12-5-7-18-6-2-3-9-22(18)32/h2-3,6,9,14,16,19H,4-5,7-8,11-13,15H2,1H3,(H,27,28,29,30). The lowest BCUT2D eigenvalue weighted by molar-refractivity contribution is 0.0981. The fraction of sp³-hybridized carbons (Fsp3) is 0.400. The molecule has 5 rings (SSSR count). The van der Waals surface area contributed by atoms with Crippen molar-refractivity contribution in [1.82, 2.24) is 19.9 Å². The Balaban J connectivity index is 1.31. The second-order valence-corrected chi connectivity index (χ2v) is 9.67. The SMILES string of the molecule is Cc1nc(Nc2nc(C(=O)N3CCCc4ccccc43)cs2)cc(C2CCCN(CC#N)C2)n1. The number of piperidine rings is 1. The number of hydrogen-bond acceptors (Lipinski definition) is 8. The summed E-state index contributed by atoms with van der Waals surface area (Å²) in [6, 6.07) is 12.3. The number of para-hydroxylation sites is 1. The summed E-state index contributed by atoms with van der Waals surface area (Å²) < 4.78 is 0. The van der Waals surface area contributed by atoms with Gasteiger partial charge in [0.1, 0.15) is 17.3 Å². The van der Waals surface area contributed by atoms with Crippen LogP contribution >= 0.6 is 11.3 Å². The number of nitriles is 1. The third kappa shape index (κ3) is 4.79. The van der Waals surface area contributed by atoms with Gasteiger partial charge in [-0.3, -0.25) is 9.69 Å². The molecule has 2 aliphatic heterocycles. The molecule has 1 N–H and O–H groups in total. The predicted octanol–water partition coefficient (Wildman–Crippen LogP) is 4.28. The topological polar surface area (TPSA) is 98.0 Å². The maximum absolute atomic E-state index is 13.2. The van der Waals surface area contributed by atoms with E-state index in [1.165, 1.54) is 16.9 Å². The lowest BCUT2D eigenvalue weighted by atomic mass is 9.94. The lowest BCUT2D eigenvalue weighted by Gasteiger charge is -2.30. The minimum absolute atomic E-state index is 0.0733. The first-order valence-corrected chi connectivity index (χ1v) is 12.6. The molecular formula is C25H27N7OS. The zero-order valence-electron chi connectivity index (χ0n) is 19.2. The van der Waals surface area contributed by atoms with Crippen molar-refractivity contribution >= 4 is 33.9 Å². The number of fused-ring (bicyclic) bond motifs is 1. The molecule has 34 heavy (non-hydrogen) atoms. The van der Waals surface area contributed by atoms with Crippen LogP contribution in [0.5, 0.6) is 0 Å². The van der Waals surface area contributed by atoms with Gasteiger partial charge in [-0.1, -0.05) is 18.2 Å². The molecule has 1 aromatic carbocycles. The molecule has 0 radical (unpaired) electrons. The van der Waals surface area contributed by atoms with Gasteiger partial charge in [0.15, 0.2) is 5.13 Å². The number of carbonyl (C=O) groups excluding carboxylic acids is 1. The number of benzene rings is 1. The molecule has 1 saturated heterocycles. The zero-order valence-corrected chi connectivity index (χ0v) is 20.0. The van der Waals surface area contributed by atoms with E-state index in [1.54, 1.807) is 5.38 Å². The van der Waals surface area contributed by atoms with Crippen molar-refractivity contribution in [3.05, 3.63) is 58.5 Å². The zero-order chi connectivity index (χ0) is 23.5. The van der Waals surface area contributed by atoms with Gasteiger partial charge in [-0.2, -0.15) is 5.26 Å². The number of nitrogens with zero attached hydrogens (tertiary/aromatic N) is 6. The predicted molar refractivity (Wildman–Crippen MR) is 133 cm³/mol. The molecule has 0 aliphatic carbocycles. The number of rotatable bonds is 5. The van der Waals surface area contributed by atoms with E-state index in [9.17, 15) is 4.79 Å². The van der Waals surface area contributed by atoms with Gasteiger partial charge in [0.05, 0.1) is 18.3 Å². The third-order valence-electron chi connectivity index (χ3n) is 6.39. The van der Waals surface area contributed by atoms with Gasteiger partial charge in [-0.25, -0.2) is 15.0 Å². The molecule has 0 bridgehead atoms. The summed E-state index contributed by atoms with van der Waals surface area (Å²) in [5.74, 6) is 1.57. The van der Waals surface area contributed by atoms with Crippen LogP contribution in [0.25, 0.3) is 0 Å². The Morgan fingerprint density at radius 1 is 1.24 bits per heavy atom. The Bertz CT molecular complexity index is 1230.